The van der Waals surface area contributed by atoms with Crippen molar-refractivity contribution in [2.45, 2.75) is 30.2 Å². The fourth-order valence-electron chi connectivity index (χ4n) is 1.78. The number of nitrogens with zero attached hydrogens (tertiary/aromatic N) is 2. The van der Waals surface area contributed by atoms with Crippen LogP contribution >= 0.6 is 0 Å². The maximum Gasteiger partial charge on any atom is 0.247 e. The van der Waals surface area contributed by atoms with Gasteiger partial charge >= 0.3 is 0 Å². The summed E-state index contributed by atoms with van der Waals surface area (Å²) in [5.74, 6) is 0. The first-order chi connectivity index (χ1) is 9.10. The van der Waals surface area contributed by atoms with Gasteiger partial charge in [0.1, 0.15) is 0 Å². The van der Waals surface area contributed by atoms with Crippen molar-refractivity contribution in [3.05, 3.63) is 54.4 Å². The summed E-state index contributed by atoms with van der Waals surface area (Å²) < 4.78 is 24.5. The highest BCUT2D eigenvalue weighted by Crippen LogP contribution is 2.16. The van der Waals surface area contributed by atoms with Gasteiger partial charge in [-0.3, -0.25) is 0 Å². The van der Waals surface area contributed by atoms with Gasteiger partial charge in [0.05, 0.1) is 5.25 Å². The first-order valence-corrected chi connectivity index (χ1v) is 7.70. The molecule has 0 unspecified atom stereocenters. The smallest absolute Gasteiger partial charge is 0.227 e. The van der Waals surface area contributed by atoms with Crippen molar-refractivity contribution in [2.24, 2.45) is 0 Å². The van der Waals surface area contributed by atoms with Gasteiger partial charge in [0.25, 0.3) is 0 Å². The molecule has 0 bridgehead atoms. The van der Waals surface area contributed by atoms with Gasteiger partial charge in [0.2, 0.25) is 15.0 Å². The molecule has 1 atom stereocenters. The molecule has 1 heterocycles. The molecule has 0 aliphatic rings. The van der Waals surface area contributed by atoms with Crippen molar-refractivity contribution in [1.29, 1.82) is 0 Å². The van der Waals surface area contributed by atoms with Crippen LogP contribution in [-0.4, -0.2) is 23.6 Å². The molecule has 5 heteroatoms. The molecule has 1 aromatic heterocycles. The number of hydrogen-bond donors (Lipinski definition) is 0. The lowest BCUT2D eigenvalue weighted by Gasteiger charge is -2.11. The zero-order valence-corrected chi connectivity index (χ0v) is 11.5. The maximum atomic E-state index is 12.2. The van der Waals surface area contributed by atoms with E-state index >= 15 is 0 Å². The Hall–Kier alpha value is -1.75. The summed E-state index contributed by atoms with van der Waals surface area (Å²) in [6.07, 6.45) is 4.19. The van der Waals surface area contributed by atoms with Crippen LogP contribution in [0.25, 0.3) is 0 Å². The first kappa shape index (κ1) is 13.7. The third kappa shape index (κ3) is 3.38. The molecule has 0 fully saturated rings. The molecule has 0 radical (unpaired) electrons. The third-order valence-corrected chi connectivity index (χ3v) is 5.02. The average molecular weight is 276 g/mol. The molecule has 0 saturated heterocycles. The Labute approximate surface area is 113 Å². The molecule has 0 spiro atoms. The highest BCUT2D eigenvalue weighted by atomic mass is 32.2. The molecule has 2 rings (SSSR count). The Bertz CT molecular complexity index is 612. The molecule has 100 valence electrons. The Morgan fingerprint density at radius 2 is 1.68 bits per heavy atom. The highest BCUT2D eigenvalue weighted by Gasteiger charge is 2.25. The van der Waals surface area contributed by atoms with Crippen LogP contribution in [-0.2, 0) is 16.3 Å². The van der Waals surface area contributed by atoms with Crippen molar-refractivity contribution >= 4 is 9.84 Å². The molecule has 2 aromatic rings. The molecule has 0 N–H and O–H groups in total. The van der Waals surface area contributed by atoms with Crippen molar-refractivity contribution in [3.8, 4) is 0 Å². The molecule has 1 aromatic carbocycles. The zero-order valence-electron chi connectivity index (χ0n) is 10.7. The predicted octanol–water partition coefficient (Wildman–Crippen LogP) is 2.27. The minimum atomic E-state index is -3.43. The predicted molar refractivity (Wildman–Crippen MR) is 73.4 cm³/mol. The van der Waals surface area contributed by atoms with E-state index in [1.54, 1.807) is 13.0 Å². The maximum absolute atomic E-state index is 12.2. The van der Waals surface area contributed by atoms with E-state index in [-0.39, 0.29) is 5.16 Å². The van der Waals surface area contributed by atoms with Gasteiger partial charge < -0.3 is 0 Å². The van der Waals surface area contributed by atoms with Gasteiger partial charge in [0.15, 0.2) is 0 Å². The van der Waals surface area contributed by atoms with E-state index in [9.17, 15) is 8.42 Å². The van der Waals surface area contributed by atoms with Gasteiger partial charge in [-0.15, -0.1) is 0 Å². The van der Waals surface area contributed by atoms with E-state index in [1.165, 1.54) is 12.4 Å². The van der Waals surface area contributed by atoms with Crippen LogP contribution in [0.4, 0.5) is 0 Å². The summed E-state index contributed by atoms with van der Waals surface area (Å²) in [7, 11) is -3.43. The van der Waals surface area contributed by atoms with Gasteiger partial charge in [-0.1, -0.05) is 30.3 Å². The topological polar surface area (TPSA) is 59.9 Å². The second kappa shape index (κ2) is 5.93. The van der Waals surface area contributed by atoms with Gasteiger partial charge in [-0.25, -0.2) is 18.4 Å². The first-order valence-electron chi connectivity index (χ1n) is 6.15. The van der Waals surface area contributed by atoms with E-state index in [1.807, 2.05) is 30.3 Å². The number of rotatable bonds is 5. The number of benzene rings is 1. The Morgan fingerprint density at radius 1 is 1.05 bits per heavy atom. The minimum Gasteiger partial charge on any atom is -0.227 e. The molecule has 0 amide bonds. The molecular weight excluding hydrogens is 260 g/mol. The van der Waals surface area contributed by atoms with Crippen molar-refractivity contribution < 1.29 is 8.42 Å². The zero-order chi connectivity index (χ0) is 13.7. The summed E-state index contributed by atoms with van der Waals surface area (Å²) in [6.45, 7) is 1.70. The number of aromatic nitrogens is 2. The summed E-state index contributed by atoms with van der Waals surface area (Å²) in [5.41, 5.74) is 1.14. The molecule has 0 aliphatic heterocycles. The molecule has 0 aliphatic carbocycles. The average Bonchev–Trinajstić information content (AvgIpc) is 2.46. The Balaban J connectivity index is 2.06. The largest absolute Gasteiger partial charge is 0.247 e. The fraction of sp³-hybridized carbons (Fsp3) is 0.286. The van der Waals surface area contributed by atoms with E-state index in [0.29, 0.717) is 6.42 Å². The van der Waals surface area contributed by atoms with Crippen LogP contribution < -0.4 is 0 Å². The summed E-state index contributed by atoms with van der Waals surface area (Å²) in [4.78, 5) is 7.65. The Morgan fingerprint density at radius 3 is 2.32 bits per heavy atom. The van der Waals surface area contributed by atoms with Gasteiger partial charge in [-0.05, 0) is 31.4 Å². The molecule has 19 heavy (non-hydrogen) atoms. The number of sulfone groups is 1. The highest BCUT2D eigenvalue weighted by molar-refractivity contribution is 7.91. The summed E-state index contributed by atoms with van der Waals surface area (Å²) in [5, 5.41) is -0.578. The van der Waals surface area contributed by atoms with Crippen LogP contribution in [0, 0.1) is 0 Å². The van der Waals surface area contributed by atoms with Crippen molar-refractivity contribution in [2.75, 3.05) is 0 Å². The number of hydrogen-bond acceptors (Lipinski definition) is 4. The second-order valence-corrected chi connectivity index (χ2v) is 6.67. The minimum absolute atomic E-state index is 0.0874. The van der Waals surface area contributed by atoms with E-state index in [2.05, 4.69) is 9.97 Å². The molecular formula is C14H16N2O2S. The summed E-state index contributed by atoms with van der Waals surface area (Å²) in [6, 6.07) is 11.5. The van der Waals surface area contributed by atoms with Crippen LogP contribution in [0.2, 0.25) is 0 Å². The lowest BCUT2D eigenvalue weighted by molar-refractivity contribution is 0.568. The lowest BCUT2D eigenvalue weighted by atomic mass is 10.1. The SMILES string of the molecule is C[C@H](CCc1ccccc1)S(=O)(=O)c1ncccn1. The van der Waals surface area contributed by atoms with Crippen molar-refractivity contribution in [1.82, 2.24) is 9.97 Å². The van der Waals surface area contributed by atoms with Crippen LogP contribution in [0.5, 0.6) is 0 Å². The third-order valence-electron chi connectivity index (χ3n) is 3.01. The van der Waals surface area contributed by atoms with Crippen LogP contribution in [0.3, 0.4) is 0 Å². The van der Waals surface area contributed by atoms with E-state index in [0.717, 1.165) is 12.0 Å². The number of aryl methyl sites for hydroxylation is 1. The Kier molecular flexibility index (Phi) is 4.27. The van der Waals surface area contributed by atoms with Gasteiger partial charge in [0, 0.05) is 12.4 Å². The van der Waals surface area contributed by atoms with Crippen LogP contribution in [0.1, 0.15) is 18.9 Å². The lowest BCUT2D eigenvalue weighted by Crippen LogP contribution is -2.21. The molecule has 0 saturated carbocycles. The van der Waals surface area contributed by atoms with Gasteiger partial charge in [-0.2, -0.15) is 0 Å². The van der Waals surface area contributed by atoms with E-state index < -0.39 is 15.1 Å². The van der Waals surface area contributed by atoms with Crippen LogP contribution in [0.15, 0.2) is 53.9 Å². The standard InChI is InChI=1S/C14H16N2O2S/c1-12(8-9-13-6-3-2-4-7-13)19(17,18)14-15-10-5-11-16-14/h2-7,10-12H,8-9H2,1H3/t12-/m1/s1. The fourth-order valence-corrected chi connectivity index (χ4v) is 2.99. The normalized spacial score (nSPS) is 13.1. The summed E-state index contributed by atoms with van der Waals surface area (Å²) >= 11 is 0. The quantitative estimate of drug-likeness (QED) is 0.786. The molecule has 4 nitrogen and oxygen atoms in total. The second-order valence-electron chi connectivity index (χ2n) is 4.41. The van der Waals surface area contributed by atoms with E-state index in [4.69, 9.17) is 0 Å². The van der Waals surface area contributed by atoms with Crippen molar-refractivity contribution in [3.63, 3.8) is 0 Å². The monoisotopic (exact) mass is 276 g/mol.